The van der Waals surface area contributed by atoms with Gasteiger partial charge in [0.1, 0.15) is 0 Å². The summed E-state index contributed by atoms with van der Waals surface area (Å²) in [4.78, 5) is 10.8. The molecule has 1 rings (SSSR count). The molecule has 0 aromatic carbocycles. The van der Waals surface area contributed by atoms with Crippen LogP contribution in [-0.4, -0.2) is 24.1 Å². The Morgan fingerprint density at radius 2 is 2.25 bits per heavy atom. The number of rotatable bonds is 6. The molecule has 0 radical (unpaired) electrons. The highest BCUT2D eigenvalue weighted by Gasteiger charge is 2.07. The van der Waals surface area contributed by atoms with Gasteiger partial charge < -0.3 is 9.30 Å². The predicted molar refractivity (Wildman–Crippen MR) is 64.9 cm³/mol. The number of aromatic nitrogens is 1. The number of hydrogen-bond acceptors (Lipinski definition) is 2. The van der Waals surface area contributed by atoms with Gasteiger partial charge in [-0.3, -0.25) is 4.79 Å². The summed E-state index contributed by atoms with van der Waals surface area (Å²) < 4.78 is 7.54. The standard InChI is InChI=1S/C13H19NO2/c1-10(2)9-16-6-5-14-11(3)7-13(8-15)12(14)4/h7-8H,1,5-6,9H2,2-4H3. The first-order valence-electron chi connectivity index (χ1n) is 5.40. The Morgan fingerprint density at radius 1 is 1.56 bits per heavy atom. The third-order valence-electron chi connectivity index (χ3n) is 2.55. The van der Waals surface area contributed by atoms with Crippen LogP contribution >= 0.6 is 0 Å². The average Bonchev–Trinajstić information content (AvgIpc) is 2.50. The largest absolute Gasteiger partial charge is 0.375 e. The molecule has 88 valence electrons. The molecule has 0 aliphatic heterocycles. The molecule has 0 atom stereocenters. The zero-order valence-corrected chi connectivity index (χ0v) is 10.2. The molecule has 0 spiro atoms. The van der Waals surface area contributed by atoms with E-state index in [0.29, 0.717) is 13.2 Å². The molecule has 0 aliphatic rings. The first kappa shape index (κ1) is 12.7. The van der Waals surface area contributed by atoms with Gasteiger partial charge in [0.2, 0.25) is 0 Å². The van der Waals surface area contributed by atoms with Crippen molar-refractivity contribution >= 4 is 6.29 Å². The number of aldehydes is 1. The highest BCUT2D eigenvalue weighted by atomic mass is 16.5. The maximum absolute atomic E-state index is 10.8. The van der Waals surface area contributed by atoms with Crippen molar-refractivity contribution in [3.8, 4) is 0 Å². The van der Waals surface area contributed by atoms with E-state index >= 15 is 0 Å². The molecule has 0 N–H and O–H groups in total. The van der Waals surface area contributed by atoms with Crippen LogP contribution in [0.1, 0.15) is 28.7 Å². The summed E-state index contributed by atoms with van der Waals surface area (Å²) in [6.07, 6.45) is 0.896. The Kier molecular flexibility index (Phi) is 4.50. The van der Waals surface area contributed by atoms with Crippen molar-refractivity contribution in [1.82, 2.24) is 4.57 Å². The smallest absolute Gasteiger partial charge is 0.151 e. The third-order valence-corrected chi connectivity index (χ3v) is 2.55. The minimum Gasteiger partial charge on any atom is -0.375 e. The van der Waals surface area contributed by atoms with Crippen LogP contribution in [0, 0.1) is 13.8 Å². The molecular weight excluding hydrogens is 202 g/mol. The monoisotopic (exact) mass is 221 g/mol. The molecular formula is C13H19NO2. The predicted octanol–water partition coefficient (Wildman–Crippen LogP) is 2.51. The van der Waals surface area contributed by atoms with Crippen LogP contribution in [0.25, 0.3) is 0 Å². The Morgan fingerprint density at radius 3 is 2.75 bits per heavy atom. The Balaban J connectivity index is 2.56. The maximum atomic E-state index is 10.8. The van der Waals surface area contributed by atoms with Crippen molar-refractivity contribution in [3.63, 3.8) is 0 Å². The Bertz CT molecular complexity index is 391. The fourth-order valence-electron chi connectivity index (χ4n) is 1.69. The van der Waals surface area contributed by atoms with Gasteiger partial charge in [-0.15, -0.1) is 0 Å². The van der Waals surface area contributed by atoms with Crippen LogP contribution in [0.15, 0.2) is 18.2 Å². The summed E-state index contributed by atoms with van der Waals surface area (Å²) in [5.41, 5.74) is 3.89. The number of ether oxygens (including phenoxy) is 1. The van der Waals surface area contributed by atoms with Crippen molar-refractivity contribution in [2.75, 3.05) is 13.2 Å². The molecule has 0 bridgehead atoms. The van der Waals surface area contributed by atoms with Crippen molar-refractivity contribution in [2.45, 2.75) is 27.3 Å². The minimum absolute atomic E-state index is 0.597. The lowest BCUT2D eigenvalue weighted by atomic mass is 10.3. The number of hydrogen-bond donors (Lipinski definition) is 0. The molecule has 3 heteroatoms. The number of aryl methyl sites for hydroxylation is 1. The molecule has 0 amide bonds. The zero-order valence-electron chi connectivity index (χ0n) is 10.2. The van der Waals surface area contributed by atoms with Crippen LogP contribution in [-0.2, 0) is 11.3 Å². The Hall–Kier alpha value is -1.35. The van der Waals surface area contributed by atoms with Crippen LogP contribution in [0.4, 0.5) is 0 Å². The summed E-state index contributed by atoms with van der Waals surface area (Å²) >= 11 is 0. The van der Waals surface area contributed by atoms with E-state index in [1.54, 1.807) is 0 Å². The molecule has 0 unspecified atom stereocenters. The van der Waals surface area contributed by atoms with Crippen LogP contribution in [0.3, 0.4) is 0 Å². The topological polar surface area (TPSA) is 31.2 Å². The molecule has 1 aromatic heterocycles. The first-order valence-corrected chi connectivity index (χ1v) is 5.40. The average molecular weight is 221 g/mol. The summed E-state index contributed by atoms with van der Waals surface area (Å²) in [5.74, 6) is 0. The first-order chi connectivity index (χ1) is 7.56. The van der Waals surface area contributed by atoms with Gasteiger partial charge in [-0.2, -0.15) is 0 Å². The van der Waals surface area contributed by atoms with Gasteiger partial charge in [0.15, 0.2) is 6.29 Å². The van der Waals surface area contributed by atoms with Gasteiger partial charge in [-0.1, -0.05) is 12.2 Å². The van der Waals surface area contributed by atoms with Gasteiger partial charge in [0.25, 0.3) is 0 Å². The summed E-state index contributed by atoms with van der Waals surface area (Å²) in [6.45, 7) is 11.7. The molecule has 3 nitrogen and oxygen atoms in total. The summed E-state index contributed by atoms with van der Waals surface area (Å²) in [6, 6.07) is 1.90. The molecule has 1 heterocycles. The van der Waals surface area contributed by atoms with Crippen LogP contribution in [0.5, 0.6) is 0 Å². The van der Waals surface area contributed by atoms with E-state index in [0.717, 1.165) is 35.4 Å². The highest BCUT2D eigenvalue weighted by molar-refractivity contribution is 5.77. The zero-order chi connectivity index (χ0) is 12.1. The lowest BCUT2D eigenvalue weighted by Crippen LogP contribution is -2.09. The van der Waals surface area contributed by atoms with E-state index in [-0.39, 0.29) is 0 Å². The summed E-state index contributed by atoms with van der Waals surface area (Å²) in [7, 11) is 0. The molecule has 0 saturated heterocycles. The van der Waals surface area contributed by atoms with Crippen molar-refractivity contribution in [1.29, 1.82) is 0 Å². The van der Waals surface area contributed by atoms with Gasteiger partial charge in [-0.25, -0.2) is 0 Å². The van der Waals surface area contributed by atoms with Gasteiger partial charge in [0.05, 0.1) is 13.2 Å². The fourth-order valence-corrected chi connectivity index (χ4v) is 1.69. The van der Waals surface area contributed by atoms with Gasteiger partial charge >= 0.3 is 0 Å². The maximum Gasteiger partial charge on any atom is 0.151 e. The minimum atomic E-state index is 0.597. The highest BCUT2D eigenvalue weighted by Crippen LogP contribution is 2.12. The lowest BCUT2D eigenvalue weighted by Gasteiger charge is -2.09. The van der Waals surface area contributed by atoms with E-state index < -0.39 is 0 Å². The SMILES string of the molecule is C=C(C)COCCn1c(C)cc(C=O)c1C. The van der Waals surface area contributed by atoms with Gasteiger partial charge in [0, 0.05) is 23.5 Å². The van der Waals surface area contributed by atoms with Crippen LogP contribution in [0.2, 0.25) is 0 Å². The van der Waals surface area contributed by atoms with Gasteiger partial charge in [-0.05, 0) is 26.8 Å². The second-order valence-corrected chi connectivity index (χ2v) is 4.11. The lowest BCUT2D eigenvalue weighted by molar-refractivity contribution is 0.112. The van der Waals surface area contributed by atoms with E-state index in [1.165, 1.54) is 0 Å². The third kappa shape index (κ3) is 3.07. The molecule has 1 aromatic rings. The number of carbonyl (C=O) groups excluding carboxylic acids is 1. The van der Waals surface area contributed by atoms with Crippen molar-refractivity contribution in [2.24, 2.45) is 0 Å². The number of nitrogens with zero attached hydrogens (tertiary/aromatic N) is 1. The van der Waals surface area contributed by atoms with Crippen molar-refractivity contribution in [3.05, 3.63) is 35.2 Å². The second-order valence-electron chi connectivity index (χ2n) is 4.11. The molecule has 0 aliphatic carbocycles. The molecule has 16 heavy (non-hydrogen) atoms. The second kappa shape index (κ2) is 5.66. The fraction of sp³-hybridized carbons (Fsp3) is 0.462. The Labute approximate surface area is 96.7 Å². The number of carbonyl (C=O) groups is 1. The molecule has 0 fully saturated rings. The van der Waals surface area contributed by atoms with E-state index in [9.17, 15) is 4.79 Å². The molecule has 0 saturated carbocycles. The quantitative estimate of drug-likeness (QED) is 0.420. The normalized spacial score (nSPS) is 10.4. The summed E-state index contributed by atoms with van der Waals surface area (Å²) in [5, 5.41) is 0. The van der Waals surface area contributed by atoms with E-state index in [1.807, 2.05) is 26.8 Å². The van der Waals surface area contributed by atoms with Crippen molar-refractivity contribution < 1.29 is 9.53 Å². The van der Waals surface area contributed by atoms with Crippen LogP contribution < -0.4 is 0 Å². The van der Waals surface area contributed by atoms with E-state index in [4.69, 9.17) is 4.74 Å². The van der Waals surface area contributed by atoms with E-state index in [2.05, 4.69) is 11.1 Å².